The van der Waals surface area contributed by atoms with Gasteiger partial charge in [-0.1, -0.05) is 0 Å². The third-order valence-electron chi connectivity index (χ3n) is 0.974. The zero-order valence-electron chi connectivity index (χ0n) is 4.31. The quantitative estimate of drug-likeness (QED) is 0.435. The van der Waals surface area contributed by atoms with E-state index in [2.05, 4.69) is 4.74 Å². The maximum absolute atomic E-state index is 11.9. The summed E-state index contributed by atoms with van der Waals surface area (Å²) in [5, 5.41) is 0.411. The summed E-state index contributed by atoms with van der Waals surface area (Å²) in [7, 11) is 0. The summed E-state index contributed by atoms with van der Waals surface area (Å²) in [6.07, 6.45) is -1.44. The number of ether oxygens (including phenoxy) is 1. The summed E-state index contributed by atoms with van der Waals surface area (Å²) in [4.78, 5) is 0. The van der Waals surface area contributed by atoms with Crippen molar-refractivity contribution in [2.45, 2.75) is 6.36 Å². The van der Waals surface area contributed by atoms with Gasteiger partial charge >= 0.3 is 0 Å². The number of morpholine rings is 1. The summed E-state index contributed by atoms with van der Waals surface area (Å²) in [5.74, 6) is 0. The van der Waals surface area contributed by atoms with Crippen molar-refractivity contribution in [3.63, 3.8) is 0 Å². The van der Waals surface area contributed by atoms with E-state index in [9.17, 15) is 8.87 Å². The van der Waals surface area contributed by atoms with E-state index in [1.807, 2.05) is 0 Å². The average Bonchev–Trinajstić information content (AvgIpc) is 1.64. The first-order chi connectivity index (χ1) is 3.79. The van der Waals surface area contributed by atoms with Crippen molar-refractivity contribution in [2.75, 3.05) is 19.7 Å². The van der Waals surface area contributed by atoms with Gasteiger partial charge in [-0.2, -0.15) is 0 Å². The molecule has 1 aliphatic rings. The summed E-state index contributed by atoms with van der Waals surface area (Å²) in [6.45, 7) is 0.0814. The summed E-state index contributed by atoms with van der Waals surface area (Å²) < 4.78 is 28.3. The van der Waals surface area contributed by atoms with Crippen LogP contribution < -0.4 is 0 Å². The second-order valence-electron chi connectivity index (χ2n) is 1.65. The molecule has 8 heavy (non-hydrogen) atoms. The van der Waals surface area contributed by atoms with Gasteiger partial charge < -0.3 is 4.74 Å². The molecule has 0 aromatic heterocycles. The maximum Gasteiger partial charge on any atom is 0.214 e. The molecule has 0 aromatic rings. The molecule has 0 aromatic carbocycles. The highest BCUT2D eigenvalue weighted by Gasteiger charge is 2.18. The fourth-order valence-corrected chi connectivity index (χ4v) is 0.579. The molecule has 1 fully saturated rings. The second-order valence-corrected chi connectivity index (χ2v) is 1.65. The fourth-order valence-electron chi connectivity index (χ4n) is 0.579. The van der Waals surface area contributed by atoms with Crippen LogP contribution in [0.25, 0.3) is 0 Å². The van der Waals surface area contributed by atoms with Crippen LogP contribution in [0, 0.1) is 0 Å². The lowest BCUT2D eigenvalue weighted by Gasteiger charge is -2.20. The van der Waals surface area contributed by atoms with Gasteiger partial charge in [0.2, 0.25) is 6.36 Å². The van der Waals surface area contributed by atoms with Gasteiger partial charge in [0, 0.05) is 0 Å². The van der Waals surface area contributed by atoms with Crippen LogP contribution >= 0.6 is 0 Å². The molecule has 0 saturated carbocycles. The summed E-state index contributed by atoms with van der Waals surface area (Å²) in [5.41, 5.74) is 0. The molecule has 1 unspecified atom stereocenters. The Kier molecular flexibility index (Phi) is 1.75. The monoisotopic (exact) mass is 123 g/mol. The largest absolute Gasteiger partial charge is 0.346 e. The Hall–Kier alpha value is -0.220. The molecule has 1 heterocycles. The topological polar surface area (TPSA) is 12.5 Å². The molecule has 0 amide bonds. The number of alkyl halides is 1. The zero-order chi connectivity index (χ0) is 5.98. The lowest BCUT2D eigenvalue weighted by Crippen LogP contribution is -2.35. The highest BCUT2D eigenvalue weighted by atomic mass is 19.2. The van der Waals surface area contributed by atoms with Gasteiger partial charge in [-0.05, 0) is 0 Å². The minimum atomic E-state index is -1.44. The number of hydrogen-bond acceptors (Lipinski definition) is 2. The molecule has 0 radical (unpaired) electrons. The van der Waals surface area contributed by atoms with Gasteiger partial charge in [0.05, 0.1) is 19.7 Å². The molecule has 0 spiro atoms. The third kappa shape index (κ3) is 1.38. The Morgan fingerprint density at radius 2 is 2.38 bits per heavy atom. The SMILES string of the molecule is FC1CN(F)CCO1. The number of nitrogens with zero attached hydrogens (tertiary/aromatic N) is 1. The molecule has 1 saturated heterocycles. The first-order valence-corrected chi connectivity index (χ1v) is 2.45. The molecular weight excluding hydrogens is 116 g/mol. The molecule has 1 rings (SSSR count). The van der Waals surface area contributed by atoms with Crippen molar-refractivity contribution in [1.82, 2.24) is 5.12 Å². The minimum absolute atomic E-state index is 0.150. The Morgan fingerprint density at radius 1 is 1.62 bits per heavy atom. The van der Waals surface area contributed by atoms with Crippen LogP contribution in [0.3, 0.4) is 0 Å². The van der Waals surface area contributed by atoms with E-state index in [4.69, 9.17) is 0 Å². The van der Waals surface area contributed by atoms with Crippen LogP contribution in [0.15, 0.2) is 0 Å². The van der Waals surface area contributed by atoms with E-state index < -0.39 is 6.36 Å². The van der Waals surface area contributed by atoms with Crippen LogP contribution in [-0.2, 0) is 4.74 Å². The minimum Gasteiger partial charge on any atom is -0.346 e. The van der Waals surface area contributed by atoms with Crippen molar-refractivity contribution in [1.29, 1.82) is 0 Å². The highest BCUT2D eigenvalue weighted by molar-refractivity contribution is 4.54. The predicted octanol–water partition coefficient (Wildman–Crippen LogP) is 0.499. The van der Waals surface area contributed by atoms with Crippen LogP contribution in [0.2, 0.25) is 0 Å². The van der Waals surface area contributed by atoms with E-state index in [0.717, 1.165) is 0 Å². The van der Waals surface area contributed by atoms with Gasteiger partial charge in [0.1, 0.15) is 0 Å². The maximum atomic E-state index is 11.9. The van der Waals surface area contributed by atoms with Crippen LogP contribution in [0.1, 0.15) is 0 Å². The molecular formula is C4H7F2NO. The number of hydrogen-bond donors (Lipinski definition) is 0. The molecule has 0 N–H and O–H groups in total. The Balaban J connectivity index is 2.23. The number of rotatable bonds is 0. The standard InChI is InChI=1S/C4H7F2NO/c5-4-3-7(6)1-2-8-4/h4H,1-3H2. The normalized spacial score (nSPS) is 33.0. The van der Waals surface area contributed by atoms with Crippen molar-refractivity contribution in [3.05, 3.63) is 0 Å². The molecule has 1 atom stereocenters. The smallest absolute Gasteiger partial charge is 0.214 e. The van der Waals surface area contributed by atoms with Gasteiger partial charge in [-0.15, -0.1) is 9.60 Å². The van der Waals surface area contributed by atoms with Gasteiger partial charge in [0.15, 0.2) is 0 Å². The third-order valence-corrected chi connectivity index (χ3v) is 0.974. The van der Waals surface area contributed by atoms with Gasteiger partial charge in [-0.3, -0.25) is 0 Å². The Labute approximate surface area is 46.0 Å². The van der Waals surface area contributed by atoms with Crippen LogP contribution in [0.5, 0.6) is 0 Å². The lowest BCUT2D eigenvalue weighted by molar-refractivity contribution is -0.152. The molecule has 4 heteroatoms. The second kappa shape index (κ2) is 2.37. The lowest BCUT2D eigenvalue weighted by atomic mass is 10.5. The van der Waals surface area contributed by atoms with Crippen LogP contribution in [-0.4, -0.2) is 31.2 Å². The summed E-state index contributed by atoms with van der Waals surface area (Å²) >= 11 is 0. The van der Waals surface area contributed by atoms with Gasteiger partial charge in [0.25, 0.3) is 0 Å². The van der Waals surface area contributed by atoms with E-state index in [0.29, 0.717) is 5.12 Å². The van der Waals surface area contributed by atoms with E-state index in [1.54, 1.807) is 0 Å². The predicted molar refractivity (Wildman–Crippen MR) is 23.5 cm³/mol. The van der Waals surface area contributed by atoms with E-state index >= 15 is 0 Å². The van der Waals surface area contributed by atoms with Crippen molar-refractivity contribution >= 4 is 0 Å². The van der Waals surface area contributed by atoms with Crippen molar-refractivity contribution in [3.8, 4) is 0 Å². The van der Waals surface area contributed by atoms with Crippen molar-refractivity contribution < 1.29 is 13.6 Å². The first-order valence-electron chi connectivity index (χ1n) is 2.45. The van der Waals surface area contributed by atoms with E-state index in [1.165, 1.54) is 0 Å². The summed E-state index contributed by atoms with van der Waals surface area (Å²) in [6, 6.07) is 0. The average molecular weight is 123 g/mol. The van der Waals surface area contributed by atoms with Gasteiger partial charge in [-0.25, -0.2) is 4.39 Å². The molecule has 0 bridgehead atoms. The van der Waals surface area contributed by atoms with E-state index in [-0.39, 0.29) is 19.7 Å². The molecule has 48 valence electrons. The highest BCUT2D eigenvalue weighted by Crippen LogP contribution is 2.04. The zero-order valence-corrected chi connectivity index (χ0v) is 4.31. The molecule has 0 aliphatic carbocycles. The Bertz CT molecular complexity index is 72.4. The van der Waals surface area contributed by atoms with Crippen LogP contribution in [0.4, 0.5) is 8.87 Å². The molecule has 1 aliphatic heterocycles. The molecule has 2 nitrogen and oxygen atoms in total. The Morgan fingerprint density at radius 3 is 2.75 bits per heavy atom. The fraction of sp³-hybridized carbons (Fsp3) is 1.00. The number of halogens is 2. The first kappa shape index (κ1) is 5.91. The van der Waals surface area contributed by atoms with Crippen molar-refractivity contribution in [2.24, 2.45) is 0 Å².